The van der Waals surface area contributed by atoms with Gasteiger partial charge < -0.3 is 40.6 Å². The van der Waals surface area contributed by atoms with Crippen molar-refractivity contribution in [2.45, 2.75) is 27.7 Å². The number of nitrogens with one attached hydrogen (secondary N) is 1. The van der Waals surface area contributed by atoms with Crippen LogP contribution in [0.25, 0.3) is 0 Å². The number of hydrogen-bond donors (Lipinski definition) is 5. The van der Waals surface area contributed by atoms with E-state index in [2.05, 4.69) is 49.7 Å². The van der Waals surface area contributed by atoms with Gasteiger partial charge in [0.15, 0.2) is 0 Å². The second-order valence-electron chi connectivity index (χ2n) is 3.56. The Kier molecular flexibility index (Phi) is 33.3. The predicted molar refractivity (Wildman–Crippen MR) is 114 cm³/mol. The van der Waals surface area contributed by atoms with Crippen LogP contribution in [0, 0.1) is 0 Å². The highest BCUT2D eigenvalue weighted by molar-refractivity contribution is 7.80. The number of aliphatic hydroxyl groups is 2. The Morgan fingerprint density at radius 2 is 1.25 bits per heavy atom. The summed E-state index contributed by atoms with van der Waals surface area (Å²) in [6, 6.07) is 0. The van der Waals surface area contributed by atoms with Gasteiger partial charge >= 0.3 is 17.5 Å². The van der Waals surface area contributed by atoms with Gasteiger partial charge in [0.05, 0.1) is 18.8 Å². The normalized spacial score (nSPS) is 9.29. The maximum atomic E-state index is 9.71. The molecule has 0 atom stereocenters. The highest BCUT2D eigenvalue weighted by Crippen LogP contribution is 1.77. The number of carbonyl (C=O) groups excluding carboxylic acids is 1. The van der Waals surface area contributed by atoms with Crippen LogP contribution in [0.5, 0.6) is 0 Å². The molecule has 1 amide bonds. The van der Waals surface area contributed by atoms with Gasteiger partial charge in [-0.2, -0.15) is 0 Å². The molecule has 0 spiro atoms. The van der Waals surface area contributed by atoms with Crippen molar-refractivity contribution in [3.63, 3.8) is 0 Å². The molecule has 0 aromatic rings. The maximum absolute atomic E-state index is 9.71. The van der Waals surface area contributed by atoms with Gasteiger partial charge in [-0.25, -0.2) is 9.59 Å². The van der Waals surface area contributed by atoms with Crippen molar-refractivity contribution in [3.05, 3.63) is 49.3 Å². The summed E-state index contributed by atoms with van der Waals surface area (Å²) in [5.74, 6) is 0. The summed E-state index contributed by atoms with van der Waals surface area (Å²) < 4.78 is 12.4. The van der Waals surface area contributed by atoms with Crippen LogP contribution in [0.15, 0.2) is 49.3 Å². The molecule has 0 bridgehead atoms. The molecule has 0 fully saturated rings. The van der Waals surface area contributed by atoms with Crippen LogP contribution < -0.4 is 11.1 Å². The topological polar surface area (TPSA) is 161 Å². The maximum Gasteiger partial charge on any atom is 0.510 e. The zero-order chi connectivity index (χ0) is 22.8. The highest BCUT2D eigenvalue weighted by Gasteiger charge is 1.85. The van der Waals surface area contributed by atoms with Crippen molar-refractivity contribution in [1.29, 1.82) is 0 Å². The average molecular weight is 439 g/mol. The molecule has 0 aliphatic rings. The molecule has 0 aromatic heterocycles. The fourth-order valence-corrected chi connectivity index (χ4v) is 0.666. The Labute approximate surface area is 174 Å². The highest BCUT2D eigenvalue weighted by atomic mass is 32.1. The van der Waals surface area contributed by atoms with E-state index in [4.69, 9.17) is 15.3 Å². The summed E-state index contributed by atoms with van der Waals surface area (Å²) in [5, 5.41) is 25.9. The molecule has 0 radical (unpaired) electrons. The molecule has 160 valence electrons. The molecule has 28 heavy (non-hydrogen) atoms. The summed E-state index contributed by atoms with van der Waals surface area (Å²) in [6.07, 6.45) is 9.57. The fourth-order valence-electron chi connectivity index (χ4n) is 0.542. The average Bonchev–Trinajstić information content (AvgIpc) is 2.62. The van der Waals surface area contributed by atoms with E-state index >= 15 is 0 Å². The van der Waals surface area contributed by atoms with Gasteiger partial charge in [-0.05, 0) is 39.9 Å². The molecule has 6 N–H and O–H groups in total. The van der Waals surface area contributed by atoms with Crippen LogP contribution in [-0.2, 0) is 14.2 Å². The predicted octanol–water partition coefficient (Wildman–Crippen LogP) is 4.16. The van der Waals surface area contributed by atoms with Crippen LogP contribution in [0.2, 0.25) is 0 Å². The Morgan fingerprint density at radius 3 is 1.39 bits per heavy atom. The summed E-state index contributed by atoms with van der Waals surface area (Å²) in [5.41, 5.74) is 4.57. The van der Waals surface area contributed by atoms with Gasteiger partial charge in [0.1, 0.15) is 0 Å². The van der Waals surface area contributed by atoms with Crippen molar-refractivity contribution < 1.29 is 39.1 Å². The number of thiocarbonyl (C=S) groups is 2. The molecule has 0 aromatic carbocycles. The lowest BCUT2D eigenvalue weighted by Crippen LogP contribution is -2.11. The van der Waals surface area contributed by atoms with E-state index in [9.17, 15) is 9.59 Å². The molecule has 0 aliphatic carbocycles. The summed E-state index contributed by atoms with van der Waals surface area (Å²) >= 11 is 8.40. The first-order chi connectivity index (χ1) is 13.1. The van der Waals surface area contributed by atoms with E-state index < -0.39 is 17.5 Å². The monoisotopic (exact) mass is 438 g/mol. The van der Waals surface area contributed by atoms with Gasteiger partial charge in [-0.15, -0.1) is 0 Å². The summed E-state index contributed by atoms with van der Waals surface area (Å²) in [7, 11) is 0. The third kappa shape index (κ3) is 66.0. The largest absolute Gasteiger partial charge is 0.510 e. The third-order valence-electron chi connectivity index (χ3n) is 1.30. The number of ether oxygens (including phenoxy) is 3. The summed E-state index contributed by atoms with van der Waals surface area (Å²) in [6.45, 7) is 6.98. The third-order valence-corrected chi connectivity index (χ3v) is 1.52. The number of carbonyl (C=O) groups is 2. The molecule has 0 unspecified atom stereocenters. The lowest BCUT2D eigenvalue weighted by atomic mass is 10.7. The quantitative estimate of drug-likeness (QED) is 0.243. The SMILES string of the molecule is CC=CNC(O)=S.CC=COC(=O)O.CC=COC(N)=O.CC=COC(O)=S. The number of carboxylic acid groups (broad SMARTS) is 1. The van der Waals surface area contributed by atoms with Gasteiger partial charge in [0.2, 0.25) is 0 Å². The van der Waals surface area contributed by atoms with E-state index in [-0.39, 0.29) is 5.17 Å². The first-order valence-electron chi connectivity index (χ1n) is 7.28. The molecule has 12 heteroatoms. The molecule has 0 heterocycles. The molecule has 0 aliphatic heterocycles. The van der Waals surface area contributed by atoms with E-state index in [0.717, 1.165) is 6.26 Å². The Morgan fingerprint density at radius 1 is 0.821 bits per heavy atom. The van der Waals surface area contributed by atoms with Crippen molar-refractivity contribution in [2.24, 2.45) is 5.73 Å². The first-order valence-corrected chi connectivity index (χ1v) is 8.09. The van der Waals surface area contributed by atoms with Crippen molar-refractivity contribution in [3.8, 4) is 0 Å². The zero-order valence-electron chi connectivity index (χ0n) is 15.9. The lowest BCUT2D eigenvalue weighted by molar-refractivity contribution is 0.128. The second-order valence-corrected chi connectivity index (χ2v) is 4.30. The molecular formula is C16H26N2O8S2. The number of rotatable bonds is 4. The summed E-state index contributed by atoms with van der Waals surface area (Å²) in [4.78, 5) is 19.2. The number of aliphatic hydroxyl groups excluding tert-OH is 2. The minimum atomic E-state index is -1.28. The van der Waals surface area contributed by atoms with Crippen molar-refractivity contribution in [2.75, 3.05) is 0 Å². The molecule has 0 rings (SSSR count). The van der Waals surface area contributed by atoms with E-state index in [1.165, 1.54) is 18.6 Å². The standard InChI is InChI=1S/C4H7NO2.C4H7NOS.C4H6O3.C4H6O2S/c1-2-3-7-4(5)6;1-2-3-5-4(6)7;1-2-3-7-4(5)6;1-2-3-6-4(5)7/h2-3H,1H3,(H2,5,6);2-3H,1H3,(H2,5,6,7);2-3H,1H3,(H,5,6);2-3H,1H3,(H,5,7). The fraction of sp³-hybridized carbons (Fsp3) is 0.250. The molecular weight excluding hydrogens is 412 g/mol. The molecule has 0 saturated heterocycles. The van der Waals surface area contributed by atoms with Gasteiger partial charge in [-0.1, -0.05) is 24.3 Å². The van der Waals surface area contributed by atoms with Gasteiger partial charge in [0, 0.05) is 18.4 Å². The number of nitrogens with two attached hydrogens (primary N) is 1. The Balaban J connectivity index is -0.000000137. The number of amides is 1. The minimum absolute atomic E-state index is 0.196. The second kappa shape index (κ2) is 28.7. The number of hydrogen-bond acceptors (Lipinski definition) is 7. The van der Waals surface area contributed by atoms with Crippen molar-refractivity contribution in [1.82, 2.24) is 5.32 Å². The van der Waals surface area contributed by atoms with E-state index in [0.29, 0.717) is 0 Å². The van der Waals surface area contributed by atoms with Crippen LogP contribution in [0.1, 0.15) is 27.7 Å². The van der Waals surface area contributed by atoms with Crippen LogP contribution in [0.3, 0.4) is 0 Å². The van der Waals surface area contributed by atoms with Crippen molar-refractivity contribution >= 4 is 47.1 Å². The van der Waals surface area contributed by atoms with Gasteiger partial charge in [0.25, 0.3) is 5.17 Å². The van der Waals surface area contributed by atoms with E-state index in [1.54, 1.807) is 45.2 Å². The zero-order valence-corrected chi connectivity index (χ0v) is 17.5. The van der Waals surface area contributed by atoms with E-state index in [1.807, 2.05) is 6.92 Å². The lowest BCUT2D eigenvalue weighted by Gasteiger charge is -1.87. The Bertz CT molecular complexity index is 451. The minimum Gasteiger partial charge on any atom is -0.486 e. The van der Waals surface area contributed by atoms with Crippen LogP contribution >= 0.6 is 24.4 Å². The Hall–Kier alpha value is -3.12. The first kappa shape index (κ1) is 32.5. The smallest absolute Gasteiger partial charge is 0.486 e. The molecule has 0 saturated carbocycles. The van der Waals surface area contributed by atoms with Gasteiger partial charge in [-0.3, -0.25) is 0 Å². The number of primary amides is 1. The van der Waals surface area contributed by atoms with Crippen LogP contribution in [0.4, 0.5) is 9.59 Å². The molecule has 10 nitrogen and oxygen atoms in total. The number of allylic oxidation sites excluding steroid dienone is 4. The van der Waals surface area contributed by atoms with Crippen LogP contribution in [-0.4, -0.2) is 38.0 Å².